The van der Waals surface area contributed by atoms with Crippen molar-refractivity contribution in [2.24, 2.45) is 11.3 Å². The van der Waals surface area contributed by atoms with Crippen molar-refractivity contribution in [1.29, 1.82) is 0 Å². The maximum atomic E-state index is 2.35. The van der Waals surface area contributed by atoms with Crippen LogP contribution in [0.5, 0.6) is 0 Å². The molecule has 1 unspecified atom stereocenters. The minimum Gasteiger partial charge on any atom is -0.0885 e. The highest BCUT2D eigenvalue weighted by atomic mass is 14.2. The quantitative estimate of drug-likeness (QED) is 0.502. The Balaban J connectivity index is 2.32. The molecule has 0 aromatic rings. The van der Waals surface area contributed by atoms with E-state index >= 15 is 0 Å². The lowest BCUT2D eigenvalue weighted by molar-refractivity contribution is 0.280. The third kappa shape index (κ3) is 3.60. The first-order valence-corrected chi connectivity index (χ1v) is 4.73. The summed E-state index contributed by atoms with van der Waals surface area (Å²) in [6, 6.07) is 0. The zero-order valence-electron chi connectivity index (χ0n) is 8.06. The molecule has 0 radical (unpaired) electrons. The van der Waals surface area contributed by atoms with Crippen molar-refractivity contribution in [3.8, 4) is 0 Å². The highest BCUT2D eigenvalue weighted by Gasteiger charge is 2.18. The van der Waals surface area contributed by atoms with Gasteiger partial charge in [-0.15, -0.1) is 0 Å². The molecule has 0 spiro atoms. The van der Waals surface area contributed by atoms with Crippen molar-refractivity contribution in [3.63, 3.8) is 0 Å². The summed E-state index contributed by atoms with van der Waals surface area (Å²) in [5, 5.41) is 0. The van der Waals surface area contributed by atoms with Gasteiger partial charge >= 0.3 is 0 Å². The highest BCUT2D eigenvalue weighted by molar-refractivity contribution is 4.90. The predicted molar refractivity (Wildman–Crippen MR) is 50.6 cm³/mol. The van der Waals surface area contributed by atoms with Gasteiger partial charge in [0, 0.05) is 0 Å². The zero-order chi connectivity index (χ0) is 8.32. The van der Waals surface area contributed by atoms with E-state index in [2.05, 4.69) is 32.9 Å². The number of hydrogen-bond donors (Lipinski definition) is 0. The van der Waals surface area contributed by atoms with Gasteiger partial charge in [0.05, 0.1) is 0 Å². The molecule has 1 atom stereocenters. The zero-order valence-corrected chi connectivity index (χ0v) is 8.06. The molecule has 0 aliphatic heterocycles. The second-order valence-electron chi connectivity index (χ2n) is 4.92. The molecule has 0 heteroatoms. The average Bonchev–Trinajstić information content (AvgIpc) is 1.85. The first-order chi connectivity index (χ1) is 5.08. The monoisotopic (exact) mass is 152 g/mol. The Morgan fingerprint density at radius 1 is 1.27 bits per heavy atom. The first-order valence-electron chi connectivity index (χ1n) is 4.73. The fourth-order valence-corrected chi connectivity index (χ4v) is 1.91. The lowest BCUT2D eigenvalue weighted by atomic mass is 9.80. The van der Waals surface area contributed by atoms with Crippen LogP contribution in [0.4, 0.5) is 0 Å². The van der Waals surface area contributed by atoms with Gasteiger partial charge in [0.1, 0.15) is 0 Å². The third-order valence-corrected chi connectivity index (χ3v) is 2.28. The fourth-order valence-electron chi connectivity index (χ4n) is 1.91. The van der Waals surface area contributed by atoms with Crippen LogP contribution in [0.15, 0.2) is 12.2 Å². The van der Waals surface area contributed by atoms with Crippen LogP contribution in [0.3, 0.4) is 0 Å². The summed E-state index contributed by atoms with van der Waals surface area (Å²) in [6.45, 7) is 7.02. The average molecular weight is 152 g/mol. The standard InChI is InChI=1S/C11H20/c1-11(2,3)9-10-7-5-4-6-8-10/h4-5,10H,6-9H2,1-3H3. The lowest BCUT2D eigenvalue weighted by Crippen LogP contribution is -2.14. The van der Waals surface area contributed by atoms with Crippen molar-refractivity contribution in [2.75, 3.05) is 0 Å². The van der Waals surface area contributed by atoms with E-state index in [0.29, 0.717) is 5.41 Å². The third-order valence-electron chi connectivity index (χ3n) is 2.28. The van der Waals surface area contributed by atoms with Gasteiger partial charge in [0.15, 0.2) is 0 Å². The van der Waals surface area contributed by atoms with E-state index in [-0.39, 0.29) is 0 Å². The van der Waals surface area contributed by atoms with Gasteiger partial charge in [0.2, 0.25) is 0 Å². The van der Waals surface area contributed by atoms with Crippen molar-refractivity contribution in [3.05, 3.63) is 12.2 Å². The Morgan fingerprint density at radius 2 is 2.00 bits per heavy atom. The normalized spacial score (nSPS) is 25.5. The van der Waals surface area contributed by atoms with E-state index in [1.807, 2.05) is 0 Å². The fraction of sp³-hybridized carbons (Fsp3) is 0.818. The maximum absolute atomic E-state index is 2.35. The SMILES string of the molecule is CC(C)(C)CC1CC=CCC1. The molecule has 64 valence electrons. The molecule has 1 aliphatic carbocycles. The second-order valence-corrected chi connectivity index (χ2v) is 4.92. The highest BCUT2D eigenvalue weighted by Crippen LogP contribution is 2.31. The van der Waals surface area contributed by atoms with Crippen LogP contribution in [-0.2, 0) is 0 Å². The molecule has 0 fully saturated rings. The molecule has 0 N–H and O–H groups in total. The van der Waals surface area contributed by atoms with Crippen LogP contribution >= 0.6 is 0 Å². The van der Waals surface area contributed by atoms with E-state index in [0.717, 1.165) is 5.92 Å². The summed E-state index contributed by atoms with van der Waals surface area (Å²) in [6.07, 6.45) is 10.1. The summed E-state index contributed by atoms with van der Waals surface area (Å²) >= 11 is 0. The van der Waals surface area contributed by atoms with Gasteiger partial charge in [0.25, 0.3) is 0 Å². The number of allylic oxidation sites excluding steroid dienone is 2. The number of hydrogen-bond acceptors (Lipinski definition) is 0. The topological polar surface area (TPSA) is 0 Å². The molecule has 0 aromatic carbocycles. The van der Waals surface area contributed by atoms with Crippen LogP contribution in [0, 0.1) is 11.3 Å². The molecule has 0 saturated heterocycles. The Labute approximate surface area is 70.7 Å². The summed E-state index contributed by atoms with van der Waals surface area (Å²) in [5.74, 6) is 0.958. The molecule has 0 heterocycles. The Kier molecular flexibility index (Phi) is 2.75. The van der Waals surface area contributed by atoms with Gasteiger partial charge in [-0.25, -0.2) is 0 Å². The van der Waals surface area contributed by atoms with Gasteiger partial charge < -0.3 is 0 Å². The van der Waals surface area contributed by atoms with Gasteiger partial charge in [-0.1, -0.05) is 32.9 Å². The van der Waals surface area contributed by atoms with Crippen LogP contribution < -0.4 is 0 Å². The summed E-state index contributed by atoms with van der Waals surface area (Å²) in [5.41, 5.74) is 0.524. The molecule has 0 bridgehead atoms. The van der Waals surface area contributed by atoms with E-state index < -0.39 is 0 Å². The van der Waals surface area contributed by atoms with Crippen LogP contribution in [-0.4, -0.2) is 0 Å². The Morgan fingerprint density at radius 3 is 2.45 bits per heavy atom. The van der Waals surface area contributed by atoms with Crippen LogP contribution in [0.1, 0.15) is 46.5 Å². The molecule has 1 aliphatic rings. The Hall–Kier alpha value is -0.260. The van der Waals surface area contributed by atoms with Gasteiger partial charge in [-0.05, 0) is 37.0 Å². The number of rotatable bonds is 1. The van der Waals surface area contributed by atoms with Gasteiger partial charge in [-0.3, -0.25) is 0 Å². The van der Waals surface area contributed by atoms with E-state index in [9.17, 15) is 0 Å². The van der Waals surface area contributed by atoms with Crippen LogP contribution in [0.25, 0.3) is 0 Å². The summed E-state index contributed by atoms with van der Waals surface area (Å²) in [4.78, 5) is 0. The molecule has 0 saturated carbocycles. The summed E-state index contributed by atoms with van der Waals surface area (Å²) < 4.78 is 0. The molecule has 0 aromatic heterocycles. The second kappa shape index (κ2) is 3.42. The molecule has 0 amide bonds. The minimum atomic E-state index is 0.524. The first kappa shape index (κ1) is 8.83. The van der Waals surface area contributed by atoms with Crippen molar-refractivity contribution in [2.45, 2.75) is 46.5 Å². The van der Waals surface area contributed by atoms with E-state index in [4.69, 9.17) is 0 Å². The van der Waals surface area contributed by atoms with E-state index in [1.54, 1.807) is 0 Å². The smallest absolute Gasteiger partial charge is 0.0322 e. The molecule has 0 nitrogen and oxygen atoms in total. The van der Waals surface area contributed by atoms with Crippen LogP contribution in [0.2, 0.25) is 0 Å². The molecular weight excluding hydrogens is 132 g/mol. The molecular formula is C11H20. The maximum Gasteiger partial charge on any atom is -0.0322 e. The lowest BCUT2D eigenvalue weighted by Gasteiger charge is -2.26. The van der Waals surface area contributed by atoms with Crippen molar-refractivity contribution in [1.82, 2.24) is 0 Å². The van der Waals surface area contributed by atoms with E-state index in [1.165, 1.54) is 25.7 Å². The summed E-state index contributed by atoms with van der Waals surface area (Å²) in [7, 11) is 0. The molecule has 11 heavy (non-hydrogen) atoms. The Bertz CT molecular complexity index is 137. The van der Waals surface area contributed by atoms with Crippen molar-refractivity contribution < 1.29 is 0 Å². The predicted octanol–water partition coefficient (Wildman–Crippen LogP) is 3.78. The van der Waals surface area contributed by atoms with Gasteiger partial charge in [-0.2, -0.15) is 0 Å². The largest absolute Gasteiger partial charge is 0.0885 e. The molecule has 1 rings (SSSR count). The van der Waals surface area contributed by atoms with Crippen molar-refractivity contribution >= 4 is 0 Å². The minimum absolute atomic E-state index is 0.524.